The van der Waals surface area contributed by atoms with E-state index in [0.717, 1.165) is 36.2 Å². The number of nitrogens with two attached hydrogens (primary N) is 1. The maximum Gasteiger partial charge on any atom is 0.251 e. The summed E-state index contributed by atoms with van der Waals surface area (Å²) < 4.78 is 28.8. The summed E-state index contributed by atoms with van der Waals surface area (Å²) in [5.41, 5.74) is 11.6. The Balaban J connectivity index is 1.34. The predicted molar refractivity (Wildman–Crippen MR) is 148 cm³/mol. The molecule has 0 atom stereocenters. The van der Waals surface area contributed by atoms with Gasteiger partial charge in [-0.15, -0.1) is 0 Å². The number of anilines is 1. The Kier molecular flexibility index (Phi) is 7.41. The molecule has 7 heteroatoms. The number of carbonyl (C=O) groups is 2. The van der Waals surface area contributed by atoms with Gasteiger partial charge in [-0.1, -0.05) is 36.4 Å². The number of nitrogens with one attached hydrogen (secondary N) is 1. The van der Waals surface area contributed by atoms with E-state index >= 15 is 0 Å². The van der Waals surface area contributed by atoms with Crippen LogP contribution in [0.3, 0.4) is 0 Å². The molecule has 5 rings (SSSR count). The molecule has 39 heavy (non-hydrogen) atoms. The Bertz CT molecular complexity index is 1570. The highest BCUT2D eigenvalue weighted by atomic mass is 19.1. The van der Waals surface area contributed by atoms with E-state index < -0.39 is 5.91 Å². The minimum absolute atomic E-state index is 0.230. The van der Waals surface area contributed by atoms with Gasteiger partial charge in [-0.3, -0.25) is 9.59 Å². The molecule has 0 aromatic heterocycles. The van der Waals surface area contributed by atoms with E-state index in [0.29, 0.717) is 39.9 Å². The third kappa shape index (κ3) is 5.67. The van der Waals surface area contributed by atoms with Crippen molar-refractivity contribution in [1.82, 2.24) is 5.32 Å². The minimum atomic E-state index is -0.535. The van der Waals surface area contributed by atoms with Crippen molar-refractivity contribution >= 4 is 17.5 Å². The first-order valence-electron chi connectivity index (χ1n) is 12.9. The van der Waals surface area contributed by atoms with Crippen molar-refractivity contribution in [2.75, 3.05) is 11.4 Å². The Morgan fingerprint density at radius 2 is 1.77 bits per heavy atom. The highest BCUT2D eigenvalue weighted by Gasteiger charge is 2.21. The van der Waals surface area contributed by atoms with Crippen LogP contribution in [-0.2, 0) is 19.5 Å². The number of primary amides is 1. The molecule has 2 amide bonds. The van der Waals surface area contributed by atoms with Crippen LogP contribution in [0.2, 0.25) is 0 Å². The molecule has 0 fully saturated rings. The number of benzene rings is 4. The van der Waals surface area contributed by atoms with Gasteiger partial charge in [0.1, 0.15) is 11.6 Å². The van der Waals surface area contributed by atoms with Crippen LogP contribution < -0.4 is 16.0 Å². The van der Waals surface area contributed by atoms with Crippen molar-refractivity contribution in [3.8, 4) is 11.1 Å². The molecule has 4 aromatic rings. The average Bonchev–Trinajstić information content (AvgIpc) is 2.94. The van der Waals surface area contributed by atoms with Gasteiger partial charge in [0.25, 0.3) is 5.91 Å². The summed E-state index contributed by atoms with van der Waals surface area (Å²) in [5, 5.41) is 2.86. The molecule has 1 heterocycles. The van der Waals surface area contributed by atoms with Gasteiger partial charge in [0.2, 0.25) is 5.91 Å². The molecule has 198 valence electrons. The summed E-state index contributed by atoms with van der Waals surface area (Å²) in [7, 11) is 0. The SMILES string of the molecule is Cc1ccc(CNC(=O)c2ccc3c(c2)CCCN3Cc2cc(-c3ccccc3C(N)=O)ccc2F)cc1F. The molecule has 0 saturated carbocycles. The minimum Gasteiger partial charge on any atom is -0.367 e. The number of carbonyl (C=O) groups excluding carboxylic acids is 2. The van der Waals surface area contributed by atoms with E-state index in [2.05, 4.69) is 10.2 Å². The van der Waals surface area contributed by atoms with Crippen molar-refractivity contribution in [3.63, 3.8) is 0 Å². The van der Waals surface area contributed by atoms with Crippen molar-refractivity contribution in [2.45, 2.75) is 32.9 Å². The number of nitrogens with zero attached hydrogens (tertiary/aromatic N) is 1. The van der Waals surface area contributed by atoms with Crippen LogP contribution >= 0.6 is 0 Å². The molecule has 0 bridgehead atoms. The lowest BCUT2D eigenvalue weighted by Gasteiger charge is -2.32. The monoisotopic (exact) mass is 525 g/mol. The van der Waals surface area contributed by atoms with Crippen molar-refractivity contribution in [2.24, 2.45) is 5.73 Å². The smallest absolute Gasteiger partial charge is 0.251 e. The third-order valence-electron chi connectivity index (χ3n) is 7.16. The van der Waals surface area contributed by atoms with E-state index in [9.17, 15) is 18.4 Å². The van der Waals surface area contributed by atoms with E-state index in [1.165, 1.54) is 12.1 Å². The van der Waals surface area contributed by atoms with Crippen LogP contribution in [-0.4, -0.2) is 18.4 Å². The maximum atomic E-state index is 14.9. The van der Waals surface area contributed by atoms with E-state index in [1.54, 1.807) is 55.5 Å². The number of rotatable bonds is 7. The summed E-state index contributed by atoms with van der Waals surface area (Å²) in [6, 6.07) is 22.3. The van der Waals surface area contributed by atoms with Gasteiger partial charge >= 0.3 is 0 Å². The number of hydrogen-bond acceptors (Lipinski definition) is 3. The number of fused-ring (bicyclic) bond motifs is 1. The molecule has 5 nitrogen and oxygen atoms in total. The summed E-state index contributed by atoms with van der Waals surface area (Å²) in [4.78, 5) is 26.8. The molecular weight excluding hydrogens is 496 g/mol. The van der Waals surface area contributed by atoms with Gasteiger partial charge in [-0.2, -0.15) is 0 Å². The van der Waals surface area contributed by atoms with Gasteiger partial charge in [0.15, 0.2) is 0 Å². The Morgan fingerprint density at radius 1 is 0.949 bits per heavy atom. The molecule has 0 aliphatic carbocycles. The van der Waals surface area contributed by atoms with Crippen molar-refractivity contribution < 1.29 is 18.4 Å². The fourth-order valence-corrected chi connectivity index (χ4v) is 5.03. The van der Waals surface area contributed by atoms with E-state index in [1.807, 2.05) is 18.2 Å². The zero-order valence-corrected chi connectivity index (χ0v) is 21.6. The maximum absolute atomic E-state index is 14.9. The molecule has 0 saturated heterocycles. The molecule has 0 spiro atoms. The zero-order valence-electron chi connectivity index (χ0n) is 21.6. The van der Waals surface area contributed by atoms with Crippen LogP contribution in [0.4, 0.5) is 14.5 Å². The highest BCUT2D eigenvalue weighted by Crippen LogP contribution is 2.32. The number of hydrogen-bond donors (Lipinski definition) is 2. The zero-order chi connectivity index (χ0) is 27.5. The molecule has 1 aliphatic rings. The van der Waals surface area contributed by atoms with Gasteiger partial charge in [-0.05, 0) is 90.0 Å². The third-order valence-corrected chi connectivity index (χ3v) is 7.16. The number of halogens is 2. The van der Waals surface area contributed by atoms with Crippen LogP contribution in [0, 0.1) is 18.6 Å². The summed E-state index contributed by atoms with van der Waals surface area (Å²) in [6.45, 7) is 3.02. The summed E-state index contributed by atoms with van der Waals surface area (Å²) >= 11 is 0. The highest BCUT2D eigenvalue weighted by molar-refractivity contribution is 5.99. The molecule has 1 aliphatic heterocycles. The topological polar surface area (TPSA) is 75.4 Å². The predicted octanol–water partition coefficient (Wildman–Crippen LogP) is 5.92. The second-order valence-corrected chi connectivity index (χ2v) is 9.85. The lowest BCUT2D eigenvalue weighted by atomic mass is 9.96. The molecule has 3 N–H and O–H groups in total. The van der Waals surface area contributed by atoms with E-state index in [-0.39, 0.29) is 24.1 Å². The van der Waals surface area contributed by atoms with Crippen LogP contribution in [0.1, 0.15) is 49.4 Å². The normalized spacial score (nSPS) is 12.6. The van der Waals surface area contributed by atoms with Crippen molar-refractivity contribution in [1.29, 1.82) is 0 Å². The molecule has 0 unspecified atom stereocenters. The first-order chi connectivity index (χ1) is 18.8. The van der Waals surface area contributed by atoms with Gasteiger partial charge < -0.3 is 16.0 Å². The number of aryl methyl sites for hydroxylation is 2. The second-order valence-electron chi connectivity index (χ2n) is 9.85. The lowest BCUT2D eigenvalue weighted by molar-refractivity contribution is 0.0949. The van der Waals surface area contributed by atoms with Crippen LogP contribution in [0.25, 0.3) is 11.1 Å². The molecule has 4 aromatic carbocycles. The van der Waals surface area contributed by atoms with Gasteiger partial charge in [0, 0.05) is 42.0 Å². The van der Waals surface area contributed by atoms with Gasteiger partial charge in [0.05, 0.1) is 0 Å². The van der Waals surface area contributed by atoms with E-state index in [4.69, 9.17) is 5.73 Å². The first-order valence-corrected chi connectivity index (χ1v) is 12.9. The largest absolute Gasteiger partial charge is 0.367 e. The Labute approximate surface area is 226 Å². The van der Waals surface area contributed by atoms with Gasteiger partial charge in [-0.25, -0.2) is 8.78 Å². The summed E-state index contributed by atoms with van der Waals surface area (Å²) in [5.74, 6) is -1.39. The average molecular weight is 526 g/mol. The lowest BCUT2D eigenvalue weighted by Crippen LogP contribution is -2.30. The van der Waals surface area contributed by atoms with Crippen LogP contribution in [0.5, 0.6) is 0 Å². The van der Waals surface area contributed by atoms with Crippen LogP contribution in [0.15, 0.2) is 78.9 Å². The standard InChI is InChI=1S/C32H29F2N3O2/c1-20-8-9-21(15-29(20)34)18-36-32(39)24-11-13-30-23(17-24)5-4-14-37(30)19-25-16-22(10-12-28(25)33)26-6-2-3-7-27(26)31(35)38/h2-3,6-13,15-17H,4-5,14,18-19H2,1H3,(H2,35,38)(H,36,39). The Hall–Kier alpha value is -4.52. The van der Waals surface area contributed by atoms with Crippen molar-refractivity contribution in [3.05, 3.63) is 124 Å². The molecular formula is C32H29F2N3O2. The Morgan fingerprint density at radius 3 is 2.56 bits per heavy atom. The fraction of sp³-hybridized carbons (Fsp3) is 0.188. The number of amides is 2. The second kappa shape index (κ2) is 11.1. The fourth-order valence-electron chi connectivity index (χ4n) is 5.03. The first kappa shape index (κ1) is 26.1. The summed E-state index contributed by atoms with van der Waals surface area (Å²) in [6.07, 6.45) is 1.68. The molecule has 0 radical (unpaired) electrons. The quantitative estimate of drug-likeness (QED) is 0.314.